The van der Waals surface area contributed by atoms with E-state index in [0.717, 1.165) is 0 Å². The van der Waals surface area contributed by atoms with Gasteiger partial charge in [-0.25, -0.2) is 8.42 Å². The molecule has 0 spiro atoms. The van der Waals surface area contributed by atoms with Crippen LogP contribution < -0.4 is 11.1 Å². The lowest BCUT2D eigenvalue weighted by Crippen LogP contribution is -2.27. The molecule has 1 aromatic carbocycles. The van der Waals surface area contributed by atoms with Crippen molar-refractivity contribution in [3.63, 3.8) is 0 Å². The third kappa shape index (κ3) is 4.50. The molecule has 0 aliphatic heterocycles. The monoisotopic (exact) mass is 262 g/mol. The van der Waals surface area contributed by atoms with Gasteiger partial charge >= 0.3 is 0 Å². The highest BCUT2D eigenvalue weighted by Crippen LogP contribution is 2.06. The largest absolute Gasteiger partial charge is 0.399 e. The molecule has 0 saturated carbocycles. The first-order chi connectivity index (χ1) is 7.38. The van der Waals surface area contributed by atoms with Crippen molar-refractivity contribution in [3.8, 4) is 0 Å². The number of halogens is 1. The van der Waals surface area contributed by atoms with Gasteiger partial charge in [-0.15, -0.1) is 0 Å². The minimum absolute atomic E-state index is 0.0283. The highest BCUT2D eigenvalue weighted by molar-refractivity contribution is 8.13. The van der Waals surface area contributed by atoms with E-state index >= 15 is 0 Å². The molecule has 16 heavy (non-hydrogen) atoms. The van der Waals surface area contributed by atoms with Crippen molar-refractivity contribution in [1.82, 2.24) is 5.32 Å². The number of nitrogens with two attached hydrogens (primary N) is 1. The molecule has 1 aromatic rings. The summed E-state index contributed by atoms with van der Waals surface area (Å²) in [4.78, 5) is 11.5. The third-order valence-corrected chi connectivity index (χ3v) is 2.93. The molecule has 3 N–H and O–H groups in total. The Balaban J connectivity index is 2.54. The van der Waals surface area contributed by atoms with E-state index < -0.39 is 9.05 Å². The molecule has 0 bridgehead atoms. The summed E-state index contributed by atoms with van der Waals surface area (Å²) in [5.41, 5.74) is 6.35. The number of benzene rings is 1. The summed E-state index contributed by atoms with van der Waals surface area (Å²) in [5, 5.41) is 2.42. The van der Waals surface area contributed by atoms with Gasteiger partial charge in [-0.05, 0) is 18.2 Å². The van der Waals surface area contributed by atoms with Crippen molar-refractivity contribution >= 4 is 31.3 Å². The molecule has 0 aliphatic carbocycles. The topological polar surface area (TPSA) is 89.3 Å². The van der Waals surface area contributed by atoms with Crippen LogP contribution in [-0.4, -0.2) is 26.6 Å². The van der Waals surface area contributed by atoms with Gasteiger partial charge in [0, 0.05) is 28.5 Å². The summed E-state index contributed by atoms with van der Waals surface area (Å²) in [6.45, 7) is -0.0283. The minimum Gasteiger partial charge on any atom is -0.399 e. The van der Waals surface area contributed by atoms with E-state index in [2.05, 4.69) is 5.32 Å². The zero-order chi connectivity index (χ0) is 12.2. The number of nitrogen functional groups attached to an aromatic ring is 1. The van der Waals surface area contributed by atoms with Crippen molar-refractivity contribution in [2.24, 2.45) is 0 Å². The SMILES string of the molecule is Nc1cccc(C(=O)NCCS(=O)(=O)Cl)c1. The fourth-order valence-electron chi connectivity index (χ4n) is 1.07. The molecule has 7 heteroatoms. The fourth-order valence-corrected chi connectivity index (χ4v) is 1.65. The zero-order valence-corrected chi connectivity index (χ0v) is 9.88. The first-order valence-electron chi connectivity index (χ1n) is 4.44. The smallest absolute Gasteiger partial charge is 0.251 e. The van der Waals surface area contributed by atoms with Crippen LogP contribution in [0.5, 0.6) is 0 Å². The van der Waals surface area contributed by atoms with Gasteiger partial charge in [0.1, 0.15) is 0 Å². The Morgan fingerprint density at radius 2 is 2.12 bits per heavy atom. The van der Waals surface area contributed by atoms with Gasteiger partial charge in [0.2, 0.25) is 9.05 Å². The maximum atomic E-state index is 11.5. The van der Waals surface area contributed by atoms with Crippen LogP contribution in [0.15, 0.2) is 24.3 Å². The number of amides is 1. The number of carbonyl (C=O) groups is 1. The number of carbonyl (C=O) groups excluding carboxylic acids is 1. The van der Waals surface area contributed by atoms with Crippen LogP contribution in [-0.2, 0) is 9.05 Å². The maximum Gasteiger partial charge on any atom is 0.251 e. The van der Waals surface area contributed by atoms with Crippen molar-refractivity contribution in [2.45, 2.75) is 0 Å². The van der Waals surface area contributed by atoms with Crippen LogP contribution in [0.2, 0.25) is 0 Å². The standard InChI is InChI=1S/C9H11ClN2O3S/c10-16(14,15)5-4-12-9(13)7-2-1-3-8(11)6-7/h1-3,6H,4-5,11H2,(H,12,13). The molecule has 5 nitrogen and oxygen atoms in total. The molecule has 1 amide bonds. The second-order valence-corrected chi connectivity index (χ2v) is 6.02. The lowest BCUT2D eigenvalue weighted by Gasteiger charge is -2.04. The average Bonchev–Trinajstić information content (AvgIpc) is 2.15. The molecule has 1 rings (SSSR count). The Labute approximate surface area is 98.0 Å². The second kappa shape index (κ2) is 5.18. The molecule has 0 saturated heterocycles. The van der Waals surface area contributed by atoms with Gasteiger partial charge in [-0.1, -0.05) is 6.07 Å². The van der Waals surface area contributed by atoms with Crippen molar-refractivity contribution in [3.05, 3.63) is 29.8 Å². The first kappa shape index (κ1) is 12.8. The molecule has 0 aromatic heterocycles. The minimum atomic E-state index is -3.58. The Bertz CT molecular complexity index is 487. The van der Waals surface area contributed by atoms with E-state index in [0.29, 0.717) is 11.3 Å². The Kier molecular flexibility index (Phi) is 4.14. The first-order valence-corrected chi connectivity index (χ1v) is 6.92. The van der Waals surface area contributed by atoms with E-state index in [1.807, 2.05) is 0 Å². The predicted molar refractivity (Wildman–Crippen MR) is 62.8 cm³/mol. The summed E-state index contributed by atoms with van der Waals surface area (Å²) in [6.07, 6.45) is 0. The Morgan fingerprint density at radius 1 is 1.44 bits per heavy atom. The van der Waals surface area contributed by atoms with Crippen LogP contribution in [0.3, 0.4) is 0 Å². The van der Waals surface area contributed by atoms with Gasteiger partial charge in [-0.2, -0.15) is 0 Å². The number of anilines is 1. The molecule has 88 valence electrons. The Hall–Kier alpha value is -1.27. The molecular weight excluding hydrogens is 252 g/mol. The van der Waals surface area contributed by atoms with E-state index in [9.17, 15) is 13.2 Å². The number of hydrogen-bond acceptors (Lipinski definition) is 4. The number of rotatable bonds is 4. The number of hydrogen-bond donors (Lipinski definition) is 2. The molecule has 0 fully saturated rings. The highest BCUT2D eigenvalue weighted by atomic mass is 35.7. The predicted octanol–water partition coefficient (Wildman–Crippen LogP) is 0.567. The van der Waals surface area contributed by atoms with Crippen LogP contribution in [0.4, 0.5) is 5.69 Å². The summed E-state index contributed by atoms with van der Waals surface area (Å²) >= 11 is 0. The lowest BCUT2D eigenvalue weighted by molar-refractivity contribution is 0.0956. The zero-order valence-electron chi connectivity index (χ0n) is 8.31. The summed E-state index contributed by atoms with van der Waals surface area (Å²) in [5.74, 6) is -0.685. The van der Waals surface area contributed by atoms with Gasteiger partial charge in [0.15, 0.2) is 0 Å². The number of nitrogens with one attached hydrogen (secondary N) is 1. The van der Waals surface area contributed by atoms with Gasteiger partial charge in [0.25, 0.3) is 5.91 Å². The van der Waals surface area contributed by atoms with Crippen LogP contribution in [0.1, 0.15) is 10.4 Å². The average molecular weight is 263 g/mol. The van der Waals surface area contributed by atoms with Crippen LogP contribution in [0, 0.1) is 0 Å². The van der Waals surface area contributed by atoms with Crippen molar-refractivity contribution < 1.29 is 13.2 Å². The summed E-state index contributed by atoms with van der Waals surface area (Å²) in [7, 11) is 1.41. The van der Waals surface area contributed by atoms with E-state index in [4.69, 9.17) is 16.4 Å². The molecule has 0 unspecified atom stereocenters. The van der Waals surface area contributed by atoms with E-state index in [1.54, 1.807) is 18.2 Å². The van der Waals surface area contributed by atoms with Gasteiger partial charge < -0.3 is 11.1 Å². The molecule has 0 heterocycles. The third-order valence-electron chi connectivity index (χ3n) is 1.78. The summed E-state index contributed by atoms with van der Waals surface area (Å²) in [6, 6.07) is 6.38. The molecule has 0 radical (unpaired) electrons. The fraction of sp³-hybridized carbons (Fsp3) is 0.222. The van der Waals surface area contributed by atoms with Crippen LogP contribution in [0.25, 0.3) is 0 Å². The highest BCUT2D eigenvalue weighted by Gasteiger charge is 2.08. The Morgan fingerprint density at radius 3 is 2.69 bits per heavy atom. The van der Waals surface area contributed by atoms with Crippen molar-refractivity contribution in [2.75, 3.05) is 18.0 Å². The molecule has 0 aliphatic rings. The maximum absolute atomic E-state index is 11.5. The molecular formula is C9H11ClN2O3S. The molecule has 0 atom stereocenters. The van der Waals surface area contributed by atoms with Crippen molar-refractivity contribution in [1.29, 1.82) is 0 Å². The lowest BCUT2D eigenvalue weighted by atomic mass is 10.2. The van der Waals surface area contributed by atoms with Gasteiger partial charge in [0.05, 0.1) is 5.75 Å². The second-order valence-electron chi connectivity index (χ2n) is 3.12. The summed E-state index contributed by atoms with van der Waals surface area (Å²) < 4.78 is 21.2. The quantitative estimate of drug-likeness (QED) is 0.613. The van der Waals surface area contributed by atoms with E-state index in [1.165, 1.54) is 6.07 Å². The van der Waals surface area contributed by atoms with E-state index in [-0.39, 0.29) is 18.2 Å². The van der Waals surface area contributed by atoms with Crippen LogP contribution >= 0.6 is 10.7 Å². The normalized spacial score (nSPS) is 11.1. The van der Waals surface area contributed by atoms with Gasteiger partial charge in [-0.3, -0.25) is 4.79 Å².